The van der Waals surface area contributed by atoms with Crippen LogP contribution in [0.2, 0.25) is 0 Å². The fourth-order valence-corrected chi connectivity index (χ4v) is 3.24. The van der Waals surface area contributed by atoms with E-state index >= 15 is 0 Å². The number of methoxy groups -OCH3 is 1. The number of pyridine rings is 1. The summed E-state index contributed by atoms with van der Waals surface area (Å²) < 4.78 is 16.1. The zero-order valence-corrected chi connectivity index (χ0v) is 19.7. The van der Waals surface area contributed by atoms with Crippen molar-refractivity contribution in [1.29, 1.82) is 0 Å². The number of aliphatic imine (C=N–C) groups is 1. The first-order valence-electron chi connectivity index (χ1n) is 11.2. The van der Waals surface area contributed by atoms with Crippen LogP contribution in [0.1, 0.15) is 25.3 Å². The smallest absolute Gasteiger partial charge is 0.163 e. The lowest BCUT2D eigenvalue weighted by molar-refractivity contribution is 0.171. The van der Waals surface area contributed by atoms with Crippen molar-refractivity contribution in [3.63, 3.8) is 0 Å². The fourth-order valence-electron chi connectivity index (χ4n) is 3.24. The molecule has 0 saturated carbocycles. The number of aromatic nitrogens is 1. The predicted molar refractivity (Wildman–Crippen MR) is 136 cm³/mol. The second kappa shape index (κ2) is 13.6. The highest BCUT2D eigenvalue weighted by Crippen LogP contribution is 2.33. The Morgan fingerprint density at radius 2 is 2.06 bits per heavy atom. The van der Waals surface area contributed by atoms with Gasteiger partial charge in [-0.1, -0.05) is 30.7 Å². The molecule has 180 valence electrons. The fraction of sp³-hybridized carbons (Fsp3) is 0.320. The number of ether oxygens (including phenoxy) is 3. The number of nitrogens with one attached hydrogen (secondary N) is 2. The van der Waals surface area contributed by atoms with Gasteiger partial charge in [-0.2, -0.15) is 5.10 Å². The molecule has 1 aliphatic rings. The summed E-state index contributed by atoms with van der Waals surface area (Å²) in [4.78, 5) is 8.77. The molecule has 0 saturated heterocycles. The highest BCUT2D eigenvalue weighted by molar-refractivity contribution is 6.01. The normalized spacial score (nSPS) is 14.1. The summed E-state index contributed by atoms with van der Waals surface area (Å²) in [5.74, 6) is 2.36. The minimum atomic E-state index is 0.297. The van der Waals surface area contributed by atoms with E-state index in [2.05, 4.69) is 44.9 Å². The van der Waals surface area contributed by atoms with Crippen molar-refractivity contribution >= 4 is 23.7 Å². The predicted octanol–water partition coefficient (Wildman–Crippen LogP) is 3.76. The van der Waals surface area contributed by atoms with E-state index in [1.54, 1.807) is 13.3 Å². The molecule has 34 heavy (non-hydrogen) atoms. The second-order valence-electron chi connectivity index (χ2n) is 7.37. The summed E-state index contributed by atoms with van der Waals surface area (Å²) in [5.41, 5.74) is 11.7. The Morgan fingerprint density at radius 3 is 2.88 bits per heavy atom. The Hall–Kier alpha value is -3.85. The molecule has 0 radical (unpaired) electrons. The summed E-state index contributed by atoms with van der Waals surface area (Å²) in [6.45, 7) is 4.46. The Balaban J connectivity index is 1.60. The quantitative estimate of drug-likeness (QED) is 0.190. The van der Waals surface area contributed by atoms with Crippen LogP contribution in [0.4, 0.5) is 11.5 Å². The molecule has 1 aromatic carbocycles. The van der Waals surface area contributed by atoms with Gasteiger partial charge >= 0.3 is 0 Å². The van der Waals surface area contributed by atoms with E-state index in [1.165, 1.54) is 11.9 Å². The third kappa shape index (κ3) is 7.63. The number of nitrogens with two attached hydrogens (primary N) is 1. The SMILES string of the molecule is CC/C=C(\C/C=C\COC)CNc1ncccc1/C(N)=N/NC=Nc1ccc2c(c1)OCCO2. The van der Waals surface area contributed by atoms with E-state index in [1.807, 2.05) is 36.4 Å². The van der Waals surface area contributed by atoms with Gasteiger partial charge in [0.2, 0.25) is 0 Å². The second-order valence-corrected chi connectivity index (χ2v) is 7.37. The van der Waals surface area contributed by atoms with Crippen LogP contribution < -0.4 is 25.9 Å². The molecule has 2 heterocycles. The van der Waals surface area contributed by atoms with Crippen molar-refractivity contribution in [3.8, 4) is 11.5 Å². The highest BCUT2D eigenvalue weighted by Gasteiger charge is 2.11. The highest BCUT2D eigenvalue weighted by atomic mass is 16.6. The molecule has 0 fully saturated rings. The van der Waals surface area contributed by atoms with Crippen LogP contribution >= 0.6 is 0 Å². The minimum absolute atomic E-state index is 0.297. The number of anilines is 1. The van der Waals surface area contributed by atoms with Crippen molar-refractivity contribution < 1.29 is 14.2 Å². The third-order valence-electron chi connectivity index (χ3n) is 4.85. The lowest BCUT2D eigenvalue weighted by Crippen LogP contribution is -2.21. The van der Waals surface area contributed by atoms with Crippen LogP contribution in [-0.4, -0.2) is 50.6 Å². The first-order chi connectivity index (χ1) is 16.7. The number of allylic oxidation sites excluding steroid dienone is 2. The van der Waals surface area contributed by atoms with Crippen LogP contribution in [0.5, 0.6) is 11.5 Å². The third-order valence-corrected chi connectivity index (χ3v) is 4.85. The average Bonchev–Trinajstić information content (AvgIpc) is 2.87. The molecule has 0 spiro atoms. The van der Waals surface area contributed by atoms with Crippen molar-refractivity contribution in [2.24, 2.45) is 15.8 Å². The van der Waals surface area contributed by atoms with Crippen LogP contribution in [0.15, 0.2) is 70.4 Å². The van der Waals surface area contributed by atoms with E-state index in [9.17, 15) is 0 Å². The Morgan fingerprint density at radius 1 is 1.21 bits per heavy atom. The Kier molecular flexibility index (Phi) is 9.94. The molecule has 1 aromatic heterocycles. The standard InChI is InChI=1S/C25H32N6O3/c1-3-7-19(8-4-5-13-32-2)17-28-25-21(9-6-12-27-25)24(26)31-30-18-29-20-10-11-22-23(16-20)34-15-14-33-22/h4-7,9-12,16,18H,3,8,13-15,17H2,1-2H3,(H2,26,31)(H,27,28)(H,29,30)/b5-4-,19-7+. The van der Waals surface area contributed by atoms with Gasteiger partial charge in [0.15, 0.2) is 17.3 Å². The van der Waals surface area contributed by atoms with Crippen LogP contribution in [0.25, 0.3) is 0 Å². The molecule has 0 bridgehead atoms. The molecule has 4 N–H and O–H groups in total. The van der Waals surface area contributed by atoms with Crippen molar-refractivity contribution in [2.45, 2.75) is 19.8 Å². The number of hydrogen-bond acceptors (Lipinski definition) is 7. The summed E-state index contributed by atoms with van der Waals surface area (Å²) in [6.07, 6.45) is 11.3. The lowest BCUT2D eigenvalue weighted by Gasteiger charge is -2.18. The van der Waals surface area contributed by atoms with E-state index in [4.69, 9.17) is 19.9 Å². The molecule has 0 atom stereocenters. The number of nitrogens with zero attached hydrogens (tertiary/aromatic N) is 3. The zero-order valence-electron chi connectivity index (χ0n) is 19.7. The maximum absolute atomic E-state index is 6.21. The van der Waals surface area contributed by atoms with E-state index in [-0.39, 0.29) is 0 Å². The van der Waals surface area contributed by atoms with Gasteiger partial charge in [0, 0.05) is 25.9 Å². The Bertz CT molecular complexity index is 1050. The van der Waals surface area contributed by atoms with Gasteiger partial charge in [0.1, 0.15) is 25.4 Å². The van der Waals surface area contributed by atoms with E-state index in [0.717, 1.165) is 18.6 Å². The molecule has 2 aromatic rings. The summed E-state index contributed by atoms with van der Waals surface area (Å²) >= 11 is 0. The zero-order chi connectivity index (χ0) is 24.0. The maximum atomic E-state index is 6.21. The van der Waals surface area contributed by atoms with Gasteiger partial charge in [-0.05, 0) is 37.1 Å². The molecule has 9 heteroatoms. The largest absolute Gasteiger partial charge is 0.486 e. The van der Waals surface area contributed by atoms with Crippen molar-refractivity contribution in [3.05, 3.63) is 65.9 Å². The number of fused-ring (bicyclic) bond motifs is 1. The van der Waals surface area contributed by atoms with Gasteiger partial charge in [-0.15, -0.1) is 0 Å². The molecule has 0 unspecified atom stereocenters. The summed E-state index contributed by atoms with van der Waals surface area (Å²) in [7, 11) is 1.68. The molecule has 3 rings (SSSR count). The summed E-state index contributed by atoms with van der Waals surface area (Å²) in [6, 6.07) is 9.18. The number of hydrogen-bond donors (Lipinski definition) is 3. The van der Waals surface area contributed by atoms with Crippen LogP contribution in [-0.2, 0) is 4.74 Å². The van der Waals surface area contributed by atoms with Gasteiger partial charge in [0.05, 0.1) is 17.9 Å². The van der Waals surface area contributed by atoms with Crippen LogP contribution in [0, 0.1) is 0 Å². The summed E-state index contributed by atoms with van der Waals surface area (Å²) in [5, 5.41) is 7.58. The number of benzene rings is 1. The maximum Gasteiger partial charge on any atom is 0.163 e. The molecular formula is C25H32N6O3. The number of amidine groups is 1. The molecule has 0 aliphatic carbocycles. The van der Waals surface area contributed by atoms with Crippen molar-refractivity contribution in [2.75, 3.05) is 38.8 Å². The van der Waals surface area contributed by atoms with E-state index < -0.39 is 0 Å². The van der Waals surface area contributed by atoms with Crippen LogP contribution in [0.3, 0.4) is 0 Å². The molecule has 1 aliphatic heterocycles. The molecule has 9 nitrogen and oxygen atoms in total. The molecular weight excluding hydrogens is 432 g/mol. The Labute approximate surface area is 200 Å². The first-order valence-corrected chi connectivity index (χ1v) is 11.2. The molecule has 0 amide bonds. The monoisotopic (exact) mass is 464 g/mol. The van der Waals surface area contributed by atoms with Gasteiger partial charge in [-0.3, -0.25) is 5.43 Å². The van der Waals surface area contributed by atoms with Gasteiger partial charge in [0.25, 0.3) is 0 Å². The van der Waals surface area contributed by atoms with Gasteiger partial charge < -0.3 is 25.3 Å². The number of hydrazone groups is 1. The number of rotatable bonds is 12. The first kappa shape index (κ1) is 24.8. The van der Waals surface area contributed by atoms with Crippen molar-refractivity contribution in [1.82, 2.24) is 10.4 Å². The lowest BCUT2D eigenvalue weighted by atomic mass is 10.1. The van der Waals surface area contributed by atoms with E-state index in [0.29, 0.717) is 55.0 Å². The average molecular weight is 465 g/mol. The minimum Gasteiger partial charge on any atom is -0.486 e. The van der Waals surface area contributed by atoms with Gasteiger partial charge in [-0.25, -0.2) is 9.98 Å². The topological polar surface area (TPSA) is 115 Å².